The number of aryl methyl sites for hydroxylation is 1. The summed E-state index contributed by atoms with van der Waals surface area (Å²) in [4.78, 5) is 14.3. The zero-order valence-corrected chi connectivity index (χ0v) is 13.6. The van der Waals surface area contributed by atoms with Gasteiger partial charge in [-0.3, -0.25) is 9.69 Å². The molecule has 1 amide bonds. The minimum Gasteiger partial charge on any atom is -0.395 e. The van der Waals surface area contributed by atoms with Gasteiger partial charge in [0.1, 0.15) is 0 Å². The van der Waals surface area contributed by atoms with E-state index in [4.69, 9.17) is 0 Å². The van der Waals surface area contributed by atoms with E-state index in [2.05, 4.69) is 29.3 Å². The largest absolute Gasteiger partial charge is 0.395 e. The number of hydrogen-bond donors (Lipinski definition) is 2. The van der Waals surface area contributed by atoms with Gasteiger partial charge in [0, 0.05) is 19.1 Å². The van der Waals surface area contributed by atoms with Crippen molar-refractivity contribution in [3.8, 4) is 0 Å². The van der Waals surface area contributed by atoms with E-state index in [0.717, 1.165) is 18.4 Å². The Bertz CT molecular complexity index is 453. The summed E-state index contributed by atoms with van der Waals surface area (Å²) in [5, 5.41) is 12.2. The molecule has 0 atom stereocenters. The van der Waals surface area contributed by atoms with Gasteiger partial charge in [-0.2, -0.15) is 0 Å². The Morgan fingerprint density at radius 2 is 1.91 bits per heavy atom. The van der Waals surface area contributed by atoms with Crippen LogP contribution in [0.3, 0.4) is 0 Å². The maximum Gasteiger partial charge on any atom is 0.234 e. The third-order valence-electron chi connectivity index (χ3n) is 4.44. The van der Waals surface area contributed by atoms with Crippen molar-refractivity contribution in [1.29, 1.82) is 0 Å². The smallest absolute Gasteiger partial charge is 0.234 e. The number of amides is 1. The zero-order chi connectivity index (χ0) is 15.8. The fourth-order valence-electron chi connectivity index (χ4n) is 3.11. The summed E-state index contributed by atoms with van der Waals surface area (Å²) in [6.07, 6.45) is 6.05. The SMILES string of the molecule is Cc1ccc(CNC(=O)CN(CCO)C2CCCCC2)cc1. The molecule has 22 heavy (non-hydrogen) atoms. The second-order valence-electron chi connectivity index (χ2n) is 6.25. The van der Waals surface area contributed by atoms with Crippen LogP contribution in [0.15, 0.2) is 24.3 Å². The number of rotatable bonds is 7. The van der Waals surface area contributed by atoms with Gasteiger partial charge in [0.25, 0.3) is 0 Å². The van der Waals surface area contributed by atoms with E-state index in [1.165, 1.54) is 24.8 Å². The number of aliphatic hydroxyl groups is 1. The summed E-state index contributed by atoms with van der Waals surface area (Å²) in [6.45, 7) is 3.71. The third-order valence-corrected chi connectivity index (χ3v) is 4.44. The molecule has 1 saturated carbocycles. The number of carbonyl (C=O) groups is 1. The Morgan fingerprint density at radius 3 is 2.55 bits per heavy atom. The van der Waals surface area contributed by atoms with Gasteiger partial charge in [0.2, 0.25) is 5.91 Å². The van der Waals surface area contributed by atoms with Crippen LogP contribution in [0.2, 0.25) is 0 Å². The van der Waals surface area contributed by atoms with Crippen LogP contribution in [-0.2, 0) is 11.3 Å². The van der Waals surface area contributed by atoms with Gasteiger partial charge in [-0.15, -0.1) is 0 Å². The summed E-state index contributed by atoms with van der Waals surface area (Å²) < 4.78 is 0. The number of nitrogens with one attached hydrogen (secondary N) is 1. The molecule has 0 unspecified atom stereocenters. The predicted octanol–water partition coefficient (Wildman–Crippen LogP) is 2.24. The van der Waals surface area contributed by atoms with Gasteiger partial charge in [-0.05, 0) is 25.3 Å². The molecule has 0 aliphatic heterocycles. The van der Waals surface area contributed by atoms with Crippen LogP contribution in [-0.4, -0.2) is 41.7 Å². The Balaban J connectivity index is 1.80. The van der Waals surface area contributed by atoms with Gasteiger partial charge in [-0.1, -0.05) is 49.1 Å². The Kier molecular flexibility index (Phi) is 6.87. The highest BCUT2D eigenvalue weighted by Crippen LogP contribution is 2.22. The molecule has 1 fully saturated rings. The van der Waals surface area contributed by atoms with E-state index in [9.17, 15) is 9.90 Å². The molecule has 1 aliphatic rings. The van der Waals surface area contributed by atoms with Crippen molar-refractivity contribution in [3.05, 3.63) is 35.4 Å². The molecule has 2 rings (SSSR count). The van der Waals surface area contributed by atoms with Gasteiger partial charge >= 0.3 is 0 Å². The van der Waals surface area contributed by atoms with Crippen molar-refractivity contribution in [2.75, 3.05) is 19.7 Å². The maximum absolute atomic E-state index is 12.2. The monoisotopic (exact) mass is 304 g/mol. The molecule has 0 aromatic heterocycles. The van der Waals surface area contributed by atoms with Crippen molar-refractivity contribution in [2.24, 2.45) is 0 Å². The van der Waals surface area contributed by atoms with Crippen LogP contribution in [0.1, 0.15) is 43.2 Å². The Hall–Kier alpha value is -1.39. The third kappa shape index (κ3) is 5.43. The molecular weight excluding hydrogens is 276 g/mol. The molecule has 122 valence electrons. The first kappa shape index (κ1) is 17.0. The van der Waals surface area contributed by atoms with Gasteiger partial charge < -0.3 is 10.4 Å². The van der Waals surface area contributed by atoms with Crippen LogP contribution in [0.25, 0.3) is 0 Å². The molecule has 0 heterocycles. The predicted molar refractivity (Wildman–Crippen MR) is 88.6 cm³/mol. The summed E-state index contributed by atoms with van der Waals surface area (Å²) in [7, 11) is 0. The molecule has 4 nitrogen and oxygen atoms in total. The molecule has 0 bridgehead atoms. The van der Waals surface area contributed by atoms with Crippen molar-refractivity contribution in [1.82, 2.24) is 10.2 Å². The fourth-order valence-corrected chi connectivity index (χ4v) is 3.11. The van der Waals surface area contributed by atoms with Crippen LogP contribution in [0.4, 0.5) is 0 Å². The summed E-state index contributed by atoms with van der Waals surface area (Å²) in [5.74, 6) is 0.0413. The number of aliphatic hydroxyl groups excluding tert-OH is 1. The number of hydrogen-bond acceptors (Lipinski definition) is 3. The Labute approximate surface area is 133 Å². The lowest BCUT2D eigenvalue weighted by molar-refractivity contribution is -0.123. The zero-order valence-electron chi connectivity index (χ0n) is 13.6. The number of nitrogens with zero attached hydrogens (tertiary/aromatic N) is 1. The highest BCUT2D eigenvalue weighted by molar-refractivity contribution is 5.78. The van der Waals surface area contributed by atoms with E-state index in [-0.39, 0.29) is 12.5 Å². The van der Waals surface area contributed by atoms with E-state index < -0.39 is 0 Å². The van der Waals surface area contributed by atoms with Crippen LogP contribution >= 0.6 is 0 Å². The molecule has 1 aliphatic carbocycles. The van der Waals surface area contributed by atoms with Gasteiger partial charge in [-0.25, -0.2) is 0 Å². The summed E-state index contributed by atoms with van der Waals surface area (Å²) in [6, 6.07) is 8.65. The maximum atomic E-state index is 12.2. The lowest BCUT2D eigenvalue weighted by atomic mass is 9.94. The van der Waals surface area contributed by atoms with Crippen molar-refractivity contribution in [3.63, 3.8) is 0 Å². The quantitative estimate of drug-likeness (QED) is 0.812. The first-order valence-corrected chi connectivity index (χ1v) is 8.36. The van der Waals surface area contributed by atoms with Crippen LogP contribution < -0.4 is 5.32 Å². The summed E-state index contributed by atoms with van der Waals surface area (Å²) in [5.41, 5.74) is 2.34. The minimum atomic E-state index is 0.0413. The summed E-state index contributed by atoms with van der Waals surface area (Å²) >= 11 is 0. The number of carbonyl (C=O) groups excluding carboxylic acids is 1. The van der Waals surface area contributed by atoms with Crippen molar-refractivity contribution >= 4 is 5.91 Å². The molecule has 0 spiro atoms. The van der Waals surface area contributed by atoms with Crippen LogP contribution in [0, 0.1) is 6.92 Å². The average Bonchev–Trinajstić information content (AvgIpc) is 2.55. The van der Waals surface area contributed by atoms with E-state index >= 15 is 0 Å². The van der Waals surface area contributed by atoms with E-state index in [1.54, 1.807) is 0 Å². The molecule has 2 N–H and O–H groups in total. The molecular formula is C18H28N2O2. The topological polar surface area (TPSA) is 52.6 Å². The molecule has 1 aromatic carbocycles. The number of benzene rings is 1. The van der Waals surface area contributed by atoms with Gasteiger partial charge in [0.15, 0.2) is 0 Å². The van der Waals surface area contributed by atoms with Crippen molar-refractivity contribution < 1.29 is 9.90 Å². The second-order valence-corrected chi connectivity index (χ2v) is 6.25. The lowest BCUT2D eigenvalue weighted by Crippen LogP contribution is -2.45. The van der Waals surface area contributed by atoms with E-state index in [0.29, 0.717) is 25.7 Å². The van der Waals surface area contributed by atoms with E-state index in [1.807, 2.05) is 12.1 Å². The van der Waals surface area contributed by atoms with Gasteiger partial charge in [0.05, 0.1) is 13.2 Å². The normalized spacial score (nSPS) is 16.0. The molecule has 4 heteroatoms. The molecule has 0 radical (unpaired) electrons. The minimum absolute atomic E-state index is 0.0413. The lowest BCUT2D eigenvalue weighted by Gasteiger charge is -2.33. The highest BCUT2D eigenvalue weighted by atomic mass is 16.3. The Morgan fingerprint density at radius 1 is 1.23 bits per heavy atom. The highest BCUT2D eigenvalue weighted by Gasteiger charge is 2.22. The standard InChI is InChI=1S/C18H28N2O2/c1-15-7-9-16(10-8-15)13-19-18(22)14-20(11-12-21)17-5-3-2-4-6-17/h7-10,17,21H,2-6,11-14H2,1H3,(H,19,22). The van der Waals surface area contributed by atoms with Crippen molar-refractivity contribution in [2.45, 2.75) is 51.6 Å². The second kappa shape index (κ2) is 8.91. The average molecular weight is 304 g/mol. The fraction of sp³-hybridized carbons (Fsp3) is 0.611. The van der Waals surface area contributed by atoms with Crippen LogP contribution in [0.5, 0.6) is 0 Å². The first-order valence-electron chi connectivity index (χ1n) is 8.36. The first-order chi connectivity index (χ1) is 10.7. The molecule has 0 saturated heterocycles. The molecule has 1 aromatic rings.